The lowest BCUT2D eigenvalue weighted by atomic mass is 10.1. The van der Waals surface area contributed by atoms with Crippen LogP contribution in [0.25, 0.3) is 6.08 Å². The minimum absolute atomic E-state index is 0.0253. The van der Waals surface area contributed by atoms with E-state index in [9.17, 15) is 9.59 Å². The molecule has 0 aliphatic carbocycles. The summed E-state index contributed by atoms with van der Waals surface area (Å²) in [6.07, 6.45) is 2.60. The third-order valence-electron chi connectivity index (χ3n) is 2.69. The summed E-state index contributed by atoms with van der Waals surface area (Å²) in [5, 5.41) is 8.62. The molecule has 0 aliphatic heterocycles. The predicted molar refractivity (Wildman–Crippen MR) is 86.6 cm³/mol. The SMILES string of the molecule is CC(C)CN(CC(C)C)C(=O)c1ccc(C=CC(=O)O)s1. The van der Waals surface area contributed by atoms with Crippen molar-refractivity contribution >= 4 is 29.3 Å². The number of thiophene rings is 1. The van der Waals surface area contributed by atoms with Crippen LogP contribution >= 0.6 is 11.3 Å². The third kappa shape index (κ3) is 6.12. The van der Waals surface area contributed by atoms with Gasteiger partial charge in [-0.05, 0) is 30.0 Å². The van der Waals surface area contributed by atoms with Gasteiger partial charge in [0.1, 0.15) is 0 Å². The summed E-state index contributed by atoms with van der Waals surface area (Å²) < 4.78 is 0. The van der Waals surface area contributed by atoms with Crippen LogP contribution in [0.4, 0.5) is 0 Å². The highest BCUT2D eigenvalue weighted by Gasteiger charge is 2.19. The molecule has 0 saturated heterocycles. The Labute approximate surface area is 130 Å². The average Bonchev–Trinajstić information content (AvgIpc) is 2.82. The summed E-state index contributed by atoms with van der Waals surface area (Å²) >= 11 is 1.32. The average molecular weight is 309 g/mol. The molecule has 1 aromatic rings. The first kappa shape index (κ1) is 17.4. The van der Waals surface area contributed by atoms with Crippen LogP contribution in [-0.4, -0.2) is 35.0 Å². The molecule has 1 rings (SSSR count). The van der Waals surface area contributed by atoms with Gasteiger partial charge in [0.2, 0.25) is 0 Å². The van der Waals surface area contributed by atoms with Gasteiger partial charge < -0.3 is 10.0 Å². The van der Waals surface area contributed by atoms with Crippen molar-refractivity contribution in [1.82, 2.24) is 4.90 Å². The molecule has 0 bridgehead atoms. The first-order valence-corrected chi connectivity index (χ1v) is 7.91. The van der Waals surface area contributed by atoms with Gasteiger partial charge in [-0.3, -0.25) is 4.79 Å². The molecular formula is C16H23NO3S. The number of nitrogens with zero attached hydrogens (tertiary/aromatic N) is 1. The Morgan fingerprint density at radius 2 is 1.76 bits per heavy atom. The second-order valence-corrected chi connectivity index (χ2v) is 6.99. The molecule has 1 amide bonds. The molecule has 1 aromatic heterocycles. The van der Waals surface area contributed by atoms with Crippen molar-refractivity contribution in [1.29, 1.82) is 0 Å². The fourth-order valence-corrected chi connectivity index (χ4v) is 2.87. The smallest absolute Gasteiger partial charge is 0.328 e. The molecule has 5 heteroatoms. The Balaban J connectivity index is 2.85. The summed E-state index contributed by atoms with van der Waals surface area (Å²) in [4.78, 5) is 26.4. The molecule has 0 atom stereocenters. The normalized spacial score (nSPS) is 11.5. The number of carboxylic acid groups (broad SMARTS) is 1. The van der Waals surface area contributed by atoms with E-state index in [2.05, 4.69) is 27.7 Å². The van der Waals surface area contributed by atoms with Crippen molar-refractivity contribution < 1.29 is 14.7 Å². The maximum absolute atomic E-state index is 12.6. The molecule has 4 nitrogen and oxygen atoms in total. The van der Waals surface area contributed by atoms with Crippen LogP contribution in [-0.2, 0) is 4.79 Å². The highest BCUT2D eigenvalue weighted by atomic mass is 32.1. The maximum Gasteiger partial charge on any atom is 0.328 e. The lowest BCUT2D eigenvalue weighted by molar-refractivity contribution is -0.131. The Hall–Kier alpha value is -1.62. The molecule has 1 N–H and O–H groups in total. The molecule has 0 aliphatic rings. The van der Waals surface area contributed by atoms with Gasteiger partial charge in [-0.15, -0.1) is 11.3 Å². The second-order valence-electron chi connectivity index (χ2n) is 5.87. The minimum Gasteiger partial charge on any atom is -0.478 e. The van der Waals surface area contributed by atoms with Crippen LogP contribution in [0.2, 0.25) is 0 Å². The molecular weight excluding hydrogens is 286 g/mol. The zero-order valence-corrected chi connectivity index (χ0v) is 13.8. The van der Waals surface area contributed by atoms with Gasteiger partial charge in [0.15, 0.2) is 0 Å². The van der Waals surface area contributed by atoms with Crippen molar-refractivity contribution in [3.63, 3.8) is 0 Å². The van der Waals surface area contributed by atoms with Crippen molar-refractivity contribution in [3.8, 4) is 0 Å². The first-order valence-electron chi connectivity index (χ1n) is 7.09. The van der Waals surface area contributed by atoms with Crippen LogP contribution < -0.4 is 0 Å². The number of amides is 1. The van der Waals surface area contributed by atoms with Crippen LogP contribution in [0.5, 0.6) is 0 Å². The quantitative estimate of drug-likeness (QED) is 0.783. The number of carboxylic acids is 1. The number of carbonyl (C=O) groups excluding carboxylic acids is 1. The maximum atomic E-state index is 12.6. The van der Waals surface area contributed by atoms with Crippen molar-refractivity contribution in [2.24, 2.45) is 11.8 Å². The molecule has 21 heavy (non-hydrogen) atoms. The zero-order chi connectivity index (χ0) is 16.0. The van der Waals surface area contributed by atoms with E-state index < -0.39 is 5.97 Å². The molecule has 0 unspecified atom stereocenters. The standard InChI is InChI=1S/C16H23NO3S/c1-11(2)9-17(10-12(3)4)16(20)14-7-5-13(21-14)6-8-15(18)19/h5-8,11-12H,9-10H2,1-4H3,(H,18,19). The molecule has 0 radical (unpaired) electrons. The van der Waals surface area contributed by atoms with E-state index in [0.29, 0.717) is 16.7 Å². The van der Waals surface area contributed by atoms with Gasteiger partial charge in [-0.1, -0.05) is 27.7 Å². The number of aliphatic carboxylic acids is 1. The predicted octanol–water partition coefficient (Wildman–Crippen LogP) is 3.60. The van der Waals surface area contributed by atoms with Gasteiger partial charge in [0, 0.05) is 24.0 Å². The summed E-state index contributed by atoms with van der Waals surface area (Å²) in [7, 11) is 0. The van der Waals surface area contributed by atoms with Gasteiger partial charge in [0.25, 0.3) is 5.91 Å². The molecule has 116 valence electrons. The number of rotatable bonds is 7. The highest BCUT2D eigenvalue weighted by molar-refractivity contribution is 7.14. The van der Waals surface area contributed by atoms with E-state index >= 15 is 0 Å². The van der Waals surface area contributed by atoms with E-state index in [1.54, 1.807) is 12.1 Å². The van der Waals surface area contributed by atoms with E-state index in [1.165, 1.54) is 17.4 Å². The largest absolute Gasteiger partial charge is 0.478 e. The highest BCUT2D eigenvalue weighted by Crippen LogP contribution is 2.21. The molecule has 0 fully saturated rings. The van der Waals surface area contributed by atoms with Crippen molar-refractivity contribution in [2.75, 3.05) is 13.1 Å². The van der Waals surface area contributed by atoms with E-state index in [1.807, 2.05) is 4.90 Å². The topological polar surface area (TPSA) is 57.6 Å². The molecule has 0 spiro atoms. The third-order valence-corrected chi connectivity index (χ3v) is 3.72. The van der Waals surface area contributed by atoms with E-state index in [-0.39, 0.29) is 5.91 Å². The number of hydrogen-bond donors (Lipinski definition) is 1. The van der Waals surface area contributed by atoms with Gasteiger partial charge in [0.05, 0.1) is 4.88 Å². The van der Waals surface area contributed by atoms with Crippen molar-refractivity contribution in [3.05, 3.63) is 28.0 Å². The Morgan fingerprint density at radius 3 is 2.24 bits per heavy atom. The van der Waals surface area contributed by atoms with Crippen LogP contribution in [0, 0.1) is 11.8 Å². The van der Waals surface area contributed by atoms with Crippen LogP contribution in [0.15, 0.2) is 18.2 Å². The summed E-state index contributed by atoms with van der Waals surface area (Å²) in [6.45, 7) is 9.84. The fourth-order valence-electron chi connectivity index (χ4n) is 1.99. The van der Waals surface area contributed by atoms with E-state index in [0.717, 1.165) is 24.0 Å². The Morgan fingerprint density at radius 1 is 1.19 bits per heavy atom. The van der Waals surface area contributed by atoms with Crippen LogP contribution in [0.3, 0.4) is 0 Å². The first-order chi connectivity index (χ1) is 9.79. The molecule has 0 aromatic carbocycles. The Kier molecular flexibility index (Phi) is 6.62. The van der Waals surface area contributed by atoms with E-state index in [4.69, 9.17) is 5.11 Å². The summed E-state index contributed by atoms with van der Waals surface area (Å²) in [6, 6.07) is 3.54. The zero-order valence-electron chi connectivity index (χ0n) is 13.0. The van der Waals surface area contributed by atoms with Crippen LogP contribution in [0.1, 0.15) is 42.2 Å². The molecule has 0 saturated carbocycles. The van der Waals surface area contributed by atoms with Gasteiger partial charge >= 0.3 is 5.97 Å². The Bertz CT molecular complexity index is 507. The number of hydrogen-bond acceptors (Lipinski definition) is 3. The summed E-state index contributed by atoms with van der Waals surface area (Å²) in [5.41, 5.74) is 0. The minimum atomic E-state index is -0.988. The monoisotopic (exact) mass is 309 g/mol. The number of carbonyl (C=O) groups is 2. The fraction of sp³-hybridized carbons (Fsp3) is 0.500. The van der Waals surface area contributed by atoms with Gasteiger partial charge in [-0.25, -0.2) is 4.79 Å². The molecule has 1 heterocycles. The van der Waals surface area contributed by atoms with Gasteiger partial charge in [-0.2, -0.15) is 0 Å². The summed E-state index contributed by atoms with van der Waals surface area (Å²) in [5.74, 6) is -0.132. The lowest BCUT2D eigenvalue weighted by Gasteiger charge is -2.25. The lowest BCUT2D eigenvalue weighted by Crippen LogP contribution is -2.36. The second kappa shape index (κ2) is 7.98. The van der Waals surface area contributed by atoms with Crippen molar-refractivity contribution in [2.45, 2.75) is 27.7 Å².